The summed E-state index contributed by atoms with van der Waals surface area (Å²) in [6.07, 6.45) is 2.92. The number of rotatable bonds is 3. The highest BCUT2D eigenvalue weighted by Crippen LogP contribution is 2.19. The van der Waals surface area contributed by atoms with Crippen molar-refractivity contribution in [3.8, 4) is 0 Å². The molecular formula is C14H15NO2. The summed E-state index contributed by atoms with van der Waals surface area (Å²) in [5.41, 5.74) is 3.31. The molecule has 1 aromatic heterocycles. The second-order valence-electron chi connectivity index (χ2n) is 4.06. The number of nitrogens with zero attached hydrogens (tertiary/aromatic N) is 1. The molecule has 3 heteroatoms. The van der Waals surface area contributed by atoms with E-state index in [4.69, 9.17) is 0 Å². The van der Waals surface area contributed by atoms with Crippen molar-refractivity contribution in [1.29, 1.82) is 0 Å². The molecule has 0 fully saturated rings. The number of carbonyl (C=O) groups is 1. The fourth-order valence-corrected chi connectivity index (χ4v) is 1.94. The molecule has 0 saturated carbocycles. The predicted octanol–water partition coefficient (Wildman–Crippen LogP) is 2.65. The van der Waals surface area contributed by atoms with E-state index >= 15 is 0 Å². The molecule has 0 radical (unpaired) electrons. The van der Waals surface area contributed by atoms with Gasteiger partial charge < -0.3 is 4.74 Å². The number of methoxy groups -OCH3 is 1. The van der Waals surface area contributed by atoms with E-state index < -0.39 is 0 Å². The molecule has 0 spiro atoms. The Morgan fingerprint density at radius 1 is 1.41 bits per heavy atom. The minimum Gasteiger partial charge on any atom is -0.469 e. The van der Waals surface area contributed by atoms with Gasteiger partial charge in [-0.15, -0.1) is 0 Å². The molecular weight excluding hydrogens is 214 g/mol. The standard InChI is InChI=1S/C14H15NO2/c1-10-8-11(5-6-13(16)17-2)9-12-4-3-7-15-14(10)12/h3-4,7-9H,5-6H2,1-2H3. The van der Waals surface area contributed by atoms with Crippen molar-refractivity contribution >= 4 is 16.9 Å². The van der Waals surface area contributed by atoms with Gasteiger partial charge in [0.05, 0.1) is 12.6 Å². The summed E-state index contributed by atoms with van der Waals surface area (Å²) in [4.78, 5) is 15.4. The molecule has 0 unspecified atom stereocenters. The largest absolute Gasteiger partial charge is 0.469 e. The zero-order chi connectivity index (χ0) is 12.3. The summed E-state index contributed by atoms with van der Waals surface area (Å²) in [6, 6.07) is 8.12. The quantitative estimate of drug-likeness (QED) is 0.759. The Morgan fingerprint density at radius 3 is 3.00 bits per heavy atom. The molecule has 0 aliphatic heterocycles. The zero-order valence-corrected chi connectivity index (χ0v) is 10.1. The van der Waals surface area contributed by atoms with Crippen LogP contribution in [-0.2, 0) is 16.0 Å². The fraction of sp³-hybridized carbons (Fsp3) is 0.286. The van der Waals surface area contributed by atoms with Crippen LogP contribution in [0.1, 0.15) is 17.5 Å². The number of carbonyl (C=O) groups excluding carboxylic acids is 1. The first kappa shape index (κ1) is 11.6. The van der Waals surface area contributed by atoms with E-state index in [0.29, 0.717) is 12.8 Å². The van der Waals surface area contributed by atoms with Gasteiger partial charge in [-0.2, -0.15) is 0 Å². The molecule has 1 aromatic carbocycles. The number of aromatic nitrogens is 1. The molecule has 0 N–H and O–H groups in total. The number of esters is 1. The van der Waals surface area contributed by atoms with E-state index in [1.165, 1.54) is 7.11 Å². The summed E-state index contributed by atoms with van der Waals surface area (Å²) >= 11 is 0. The summed E-state index contributed by atoms with van der Waals surface area (Å²) in [5.74, 6) is -0.172. The molecule has 0 atom stereocenters. The van der Waals surface area contributed by atoms with Gasteiger partial charge in [0.2, 0.25) is 0 Å². The number of fused-ring (bicyclic) bond motifs is 1. The first-order valence-electron chi connectivity index (χ1n) is 5.62. The van der Waals surface area contributed by atoms with Gasteiger partial charge >= 0.3 is 5.97 Å². The molecule has 0 bridgehead atoms. The molecule has 1 heterocycles. The van der Waals surface area contributed by atoms with Crippen molar-refractivity contribution in [3.63, 3.8) is 0 Å². The number of hydrogen-bond donors (Lipinski definition) is 0. The highest BCUT2D eigenvalue weighted by molar-refractivity contribution is 5.82. The first-order chi connectivity index (χ1) is 8.20. The van der Waals surface area contributed by atoms with Crippen molar-refractivity contribution in [3.05, 3.63) is 41.6 Å². The lowest BCUT2D eigenvalue weighted by atomic mass is 10.0. The van der Waals surface area contributed by atoms with Gasteiger partial charge in [-0.25, -0.2) is 0 Å². The Labute approximate surface area is 100 Å². The van der Waals surface area contributed by atoms with Crippen LogP contribution < -0.4 is 0 Å². The van der Waals surface area contributed by atoms with Gasteiger partial charge in [-0.3, -0.25) is 9.78 Å². The molecule has 2 rings (SSSR count). The zero-order valence-electron chi connectivity index (χ0n) is 10.1. The molecule has 88 valence electrons. The van der Waals surface area contributed by atoms with Gasteiger partial charge in [-0.1, -0.05) is 12.1 Å². The maximum Gasteiger partial charge on any atom is 0.305 e. The minimum absolute atomic E-state index is 0.172. The van der Waals surface area contributed by atoms with Crippen molar-refractivity contribution < 1.29 is 9.53 Å². The summed E-state index contributed by atoms with van der Waals surface area (Å²) in [6.45, 7) is 2.04. The average Bonchev–Trinajstić information content (AvgIpc) is 2.36. The summed E-state index contributed by atoms with van der Waals surface area (Å²) in [5, 5.41) is 1.12. The second-order valence-corrected chi connectivity index (χ2v) is 4.06. The molecule has 0 aliphatic rings. The van der Waals surface area contributed by atoms with Crippen LogP contribution in [0.5, 0.6) is 0 Å². The normalized spacial score (nSPS) is 10.5. The molecule has 0 saturated heterocycles. The van der Waals surface area contributed by atoms with Crippen LogP contribution in [0.2, 0.25) is 0 Å². The van der Waals surface area contributed by atoms with E-state index in [1.54, 1.807) is 6.20 Å². The fourth-order valence-electron chi connectivity index (χ4n) is 1.94. The van der Waals surface area contributed by atoms with Gasteiger partial charge in [0.15, 0.2) is 0 Å². The monoisotopic (exact) mass is 229 g/mol. The topological polar surface area (TPSA) is 39.2 Å². The molecule has 2 aromatic rings. The Bertz CT molecular complexity index is 549. The van der Waals surface area contributed by atoms with Crippen LogP contribution in [0, 0.1) is 6.92 Å². The van der Waals surface area contributed by atoms with Crippen molar-refractivity contribution in [2.24, 2.45) is 0 Å². The Hall–Kier alpha value is -1.90. The van der Waals surface area contributed by atoms with Gasteiger partial charge in [0, 0.05) is 18.0 Å². The van der Waals surface area contributed by atoms with E-state index in [1.807, 2.05) is 19.1 Å². The molecule has 0 aliphatic carbocycles. The smallest absolute Gasteiger partial charge is 0.305 e. The van der Waals surface area contributed by atoms with E-state index in [-0.39, 0.29) is 5.97 Å². The summed E-state index contributed by atoms with van der Waals surface area (Å²) < 4.78 is 4.64. The van der Waals surface area contributed by atoms with Crippen molar-refractivity contribution in [2.75, 3.05) is 7.11 Å². The van der Waals surface area contributed by atoms with Gasteiger partial charge in [0.25, 0.3) is 0 Å². The number of pyridine rings is 1. The van der Waals surface area contributed by atoms with Crippen LogP contribution in [0.3, 0.4) is 0 Å². The van der Waals surface area contributed by atoms with E-state index in [2.05, 4.69) is 21.9 Å². The Kier molecular flexibility index (Phi) is 3.38. The third-order valence-electron chi connectivity index (χ3n) is 2.80. The van der Waals surface area contributed by atoms with Crippen LogP contribution in [-0.4, -0.2) is 18.1 Å². The number of hydrogen-bond acceptors (Lipinski definition) is 3. The van der Waals surface area contributed by atoms with Crippen molar-refractivity contribution in [1.82, 2.24) is 4.98 Å². The van der Waals surface area contributed by atoms with Crippen LogP contribution in [0.4, 0.5) is 0 Å². The van der Waals surface area contributed by atoms with Crippen molar-refractivity contribution in [2.45, 2.75) is 19.8 Å². The highest BCUT2D eigenvalue weighted by atomic mass is 16.5. The maximum atomic E-state index is 11.1. The third-order valence-corrected chi connectivity index (χ3v) is 2.80. The van der Waals surface area contributed by atoms with Gasteiger partial charge in [0.1, 0.15) is 0 Å². The maximum absolute atomic E-state index is 11.1. The third kappa shape index (κ3) is 2.61. The summed E-state index contributed by atoms with van der Waals surface area (Å²) in [7, 11) is 1.41. The second kappa shape index (κ2) is 4.95. The van der Waals surface area contributed by atoms with E-state index in [0.717, 1.165) is 22.0 Å². The lowest BCUT2D eigenvalue weighted by Gasteiger charge is -2.06. The Morgan fingerprint density at radius 2 is 2.24 bits per heavy atom. The molecule has 0 amide bonds. The predicted molar refractivity (Wildman–Crippen MR) is 66.8 cm³/mol. The minimum atomic E-state index is -0.172. The first-order valence-corrected chi connectivity index (χ1v) is 5.62. The van der Waals surface area contributed by atoms with Gasteiger partial charge in [-0.05, 0) is 36.6 Å². The highest BCUT2D eigenvalue weighted by Gasteiger charge is 2.04. The SMILES string of the molecule is COC(=O)CCc1cc(C)c2ncccc2c1. The number of benzene rings is 1. The molecule has 3 nitrogen and oxygen atoms in total. The average molecular weight is 229 g/mol. The van der Waals surface area contributed by atoms with E-state index in [9.17, 15) is 4.79 Å². The van der Waals surface area contributed by atoms with Crippen LogP contribution >= 0.6 is 0 Å². The Balaban J connectivity index is 2.27. The van der Waals surface area contributed by atoms with Crippen LogP contribution in [0.25, 0.3) is 10.9 Å². The lowest BCUT2D eigenvalue weighted by Crippen LogP contribution is -2.02. The molecule has 17 heavy (non-hydrogen) atoms. The lowest BCUT2D eigenvalue weighted by molar-refractivity contribution is -0.140. The number of ether oxygens (including phenoxy) is 1. The number of aryl methyl sites for hydroxylation is 2. The van der Waals surface area contributed by atoms with Crippen LogP contribution in [0.15, 0.2) is 30.5 Å².